The van der Waals surface area contributed by atoms with Crippen LogP contribution < -0.4 is 19.2 Å². The van der Waals surface area contributed by atoms with E-state index in [2.05, 4.69) is 86.5 Å². The molecular formula is C32H27ClN2O2Ti. The van der Waals surface area contributed by atoms with Crippen LogP contribution in [0.15, 0.2) is 119 Å². The minimum absolute atomic E-state index is 0. The summed E-state index contributed by atoms with van der Waals surface area (Å²) in [4.78, 5) is 0. The molecule has 1 aliphatic carbocycles. The third kappa shape index (κ3) is 3.63. The molecular weight excluding hydrogens is 528 g/mol. The van der Waals surface area contributed by atoms with E-state index >= 15 is 0 Å². The molecule has 2 N–H and O–H groups in total. The summed E-state index contributed by atoms with van der Waals surface area (Å²) in [6, 6.07) is 32.7. The van der Waals surface area contributed by atoms with Crippen LogP contribution in [0.5, 0.6) is 11.5 Å². The first kappa shape index (κ1) is 24.9. The maximum atomic E-state index is 10.9. The van der Waals surface area contributed by atoms with Crippen molar-refractivity contribution in [2.75, 3.05) is 6.76 Å². The van der Waals surface area contributed by atoms with Gasteiger partial charge in [-0.2, -0.15) is 0 Å². The predicted octanol–water partition coefficient (Wildman–Crippen LogP) is 4.30. The fourth-order valence-corrected chi connectivity index (χ4v) is 11.5. The number of benzene rings is 4. The molecule has 38 heavy (non-hydrogen) atoms. The molecule has 0 saturated carbocycles. The van der Waals surface area contributed by atoms with Gasteiger partial charge in [-0.05, 0) is 0 Å². The van der Waals surface area contributed by atoms with Gasteiger partial charge >= 0.3 is 225 Å². The predicted molar refractivity (Wildman–Crippen MR) is 144 cm³/mol. The molecule has 3 aliphatic rings. The first-order chi connectivity index (χ1) is 18.1. The zero-order valence-corrected chi connectivity index (χ0v) is 23.2. The van der Waals surface area contributed by atoms with Gasteiger partial charge in [-0.15, -0.1) is 0 Å². The third-order valence-corrected chi connectivity index (χ3v) is 12.6. The number of phenolic OH excluding ortho intramolecular Hbond substituents is 2. The van der Waals surface area contributed by atoms with Crippen LogP contribution in [0.2, 0.25) is 0 Å². The normalized spacial score (nSPS) is 18.8. The topological polar surface area (TPSA) is 46.9 Å². The number of nitrogens with zero attached hydrogens (tertiary/aromatic N) is 2. The van der Waals surface area contributed by atoms with Crippen molar-refractivity contribution in [3.63, 3.8) is 0 Å². The third-order valence-electron chi connectivity index (χ3n) is 7.85. The number of allylic oxidation sites excluding steroid dienone is 4. The van der Waals surface area contributed by atoms with Gasteiger partial charge in [0.15, 0.2) is 0 Å². The van der Waals surface area contributed by atoms with Gasteiger partial charge in [0, 0.05) is 0 Å². The van der Waals surface area contributed by atoms with Crippen LogP contribution in [0.1, 0.15) is 47.7 Å². The minimum atomic E-state index is -2.46. The van der Waals surface area contributed by atoms with E-state index in [0.29, 0.717) is 11.5 Å². The number of anilines is 2. The molecule has 188 valence electrons. The Kier molecular flexibility index (Phi) is 6.35. The Morgan fingerprint density at radius 2 is 1.05 bits per heavy atom. The van der Waals surface area contributed by atoms with Crippen molar-refractivity contribution in [2.45, 2.75) is 25.4 Å². The number of rotatable bonds is 5. The maximum absolute atomic E-state index is 10.9. The smallest absolute Gasteiger partial charge is 1.00 e. The van der Waals surface area contributed by atoms with E-state index in [1.807, 2.05) is 24.3 Å². The van der Waals surface area contributed by atoms with Crippen molar-refractivity contribution >= 4 is 11.4 Å². The van der Waals surface area contributed by atoms with E-state index in [1.165, 1.54) is 32.0 Å². The molecule has 0 radical (unpaired) electrons. The monoisotopic (exact) mass is 554 g/mol. The number of hydrogen-bond donors (Lipinski definition) is 2. The van der Waals surface area contributed by atoms with Gasteiger partial charge in [0.1, 0.15) is 0 Å². The number of fused-ring (bicyclic) bond motifs is 2. The Bertz CT molecular complexity index is 1500. The molecule has 0 aromatic heterocycles. The molecule has 4 aromatic rings. The quantitative estimate of drug-likeness (QED) is 0.361. The van der Waals surface area contributed by atoms with Crippen molar-refractivity contribution < 1.29 is 41.0 Å². The van der Waals surface area contributed by atoms with E-state index in [1.54, 1.807) is 12.1 Å². The van der Waals surface area contributed by atoms with Crippen LogP contribution in [0.25, 0.3) is 0 Å². The van der Waals surface area contributed by atoms with Crippen molar-refractivity contribution in [2.24, 2.45) is 0 Å². The summed E-state index contributed by atoms with van der Waals surface area (Å²) in [5.74, 6) is 0.669. The molecule has 6 heteroatoms. The van der Waals surface area contributed by atoms with E-state index in [4.69, 9.17) is 0 Å². The van der Waals surface area contributed by atoms with Gasteiger partial charge in [0.2, 0.25) is 0 Å². The molecule has 0 amide bonds. The zero-order chi connectivity index (χ0) is 25.1. The Balaban J connectivity index is 0.00000264. The number of halogens is 1. The molecule has 7 rings (SSSR count). The van der Waals surface area contributed by atoms with E-state index in [9.17, 15) is 10.2 Å². The fraction of sp³-hybridized carbons (Fsp3) is 0.125. The van der Waals surface area contributed by atoms with Crippen LogP contribution in [-0.4, -0.2) is 10.2 Å². The minimum Gasteiger partial charge on any atom is -1.00 e. The van der Waals surface area contributed by atoms with E-state index < -0.39 is 18.4 Å². The second kappa shape index (κ2) is 9.70. The van der Waals surface area contributed by atoms with Crippen LogP contribution in [0.4, 0.5) is 11.4 Å². The average Bonchev–Trinajstić information content (AvgIpc) is 3.32. The first-order valence-electron chi connectivity index (χ1n) is 12.7. The van der Waals surface area contributed by atoms with Crippen molar-refractivity contribution in [1.29, 1.82) is 0 Å². The fourth-order valence-electron chi connectivity index (χ4n) is 6.11. The van der Waals surface area contributed by atoms with Gasteiger partial charge in [-0.25, -0.2) is 0 Å². The summed E-state index contributed by atoms with van der Waals surface area (Å²) in [5, 5.41) is 21.9. The number of para-hydroxylation sites is 4. The molecule has 4 aromatic carbocycles. The van der Waals surface area contributed by atoms with E-state index in [-0.39, 0.29) is 24.5 Å². The molecule has 2 atom stereocenters. The summed E-state index contributed by atoms with van der Waals surface area (Å²) in [5.41, 5.74) is 8.25. The number of hydrogen-bond acceptors (Lipinski definition) is 4. The summed E-state index contributed by atoms with van der Waals surface area (Å²) >= 11 is -2.46. The van der Waals surface area contributed by atoms with Crippen molar-refractivity contribution in [1.82, 2.24) is 0 Å². The Morgan fingerprint density at radius 3 is 1.47 bits per heavy atom. The second-order valence-corrected chi connectivity index (χ2v) is 13.3. The molecule has 0 bridgehead atoms. The van der Waals surface area contributed by atoms with Gasteiger partial charge < -0.3 is 12.4 Å². The van der Waals surface area contributed by atoms with Crippen LogP contribution >= 0.6 is 0 Å². The standard InChI is InChI=1S/2C13H10NO.C6H7.ClH.Ti/c2*15-12-8-4-2-6-10(12)13-9-5-1-3-7-11(9)14-13;1-6-4-2-3-5-6;;/h2*1-8,13,15H;2,4H,3H2,1H3;1H;/q2*-1;;;+3/p-1. The maximum Gasteiger partial charge on any atom is -1.00 e. The first-order valence-corrected chi connectivity index (χ1v) is 14.9. The Morgan fingerprint density at radius 1 is 0.632 bits per heavy atom. The molecule has 2 aliphatic heterocycles. The SMILES string of the molecule is CC1=[C]([Ti+]([N]2c3ccccc3C2c2ccccc2O)[N]2c3ccccc3C2c2ccccc2O)CC=C1.[Cl-]. The van der Waals surface area contributed by atoms with Crippen LogP contribution in [-0.2, 0) is 18.4 Å². The molecule has 2 unspecified atom stereocenters. The van der Waals surface area contributed by atoms with Crippen molar-refractivity contribution in [3.8, 4) is 11.5 Å². The van der Waals surface area contributed by atoms with Gasteiger partial charge in [-0.1, -0.05) is 0 Å². The number of phenols is 2. The summed E-state index contributed by atoms with van der Waals surface area (Å²) in [6.07, 6.45) is 5.47. The second-order valence-electron chi connectivity index (χ2n) is 9.87. The van der Waals surface area contributed by atoms with Gasteiger partial charge in [0.25, 0.3) is 0 Å². The van der Waals surface area contributed by atoms with Gasteiger partial charge in [0.05, 0.1) is 0 Å². The van der Waals surface area contributed by atoms with Crippen LogP contribution in [0.3, 0.4) is 0 Å². The number of aromatic hydroxyl groups is 2. The Labute approximate surface area is 236 Å². The molecule has 0 saturated heterocycles. The Hall–Kier alpha value is -3.44. The summed E-state index contributed by atoms with van der Waals surface area (Å²) in [6.45, 7) is 2.23. The molecule has 0 fully saturated rings. The van der Waals surface area contributed by atoms with E-state index in [0.717, 1.165) is 17.5 Å². The van der Waals surface area contributed by atoms with Gasteiger partial charge in [-0.3, -0.25) is 0 Å². The summed E-state index contributed by atoms with van der Waals surface area (Å²) < 4.78 is 6.75. The molecule has 4 nitrogen and oxygen atoms in total. The van der Waals surface area contributed by atoms with Crippen LogP contribution in [0, 0.1) is 0 Å². The molecule has 2 heterocycles. The zero-order valence-electron chi connectivity index (χ0n) is 20.9. The largest absolute Gasteiger partial charge is 1.00 e. The average molecular weight is 555 g/mol. The molecule has 0 spiro atoms. The van der Waals surface area contributed by atoms with Crippen molar-refractivity contribution in [3.05, 3.63) is 141 Å². The summed E-state index contributed by atoms with van der Waals surface area (Å²) in [7, 11) is 0.